The van der Waals surface area contributed by atoms with Gasteiger partial charge >= 0.3 is 0 Å². The maximum Gasteiger partial charge on any atom is 0.223 e. The smallest absolute Gasteiger partial charge is 0.223 e. The number of fused-ring (bicyclic) bond motifs is 4. The first-order valence-electron chi connectivity index (χ1n) is 8.74. The summed E-state index contributed by atoms with van der Waals surface area (Å²) in [5.74, 6) is 1.16. The molecule has 0 fully saturated rings. The average molecular weight is 345 g/mol. The standard InChI is InChI=1S/C19H19N7/c1-12-4-2-6-14-17(12)23-19(20)26-18(14)22-16(24-26)7-9-25-10-13-5-3-8-21-15(13)11-25/h2-6,8H,7,9-11H2,1H3,(H2,20,23). The minimum absolute atomic E-state index is 0.373. The van der Waals surface area contributed by atoms with E-state index in [1.165, 1.54) is 11.3 Å². The SMILES string of the molecule is Cc1cccc2c1nc(N)n1nc(CCN3Cc4cccnc4C3)nc21. The predicted molar refractivity (Wildman–Crippen MR) is 99.5 cm³/mol. The van der Waals surface area contributed by atoms with Gasteiger partial charge in [-0.1, -0.05) is 18.2 Å². The Bertz CT molecular complexity index is 1110. The molecule has 0 amide bonds. The van der Waals surface area contributed by atoms with Crippen LogP contribution in [-0.2, 0) is 19.5 Å². The Morgan fingerprint density at radius 2 is 2.04 bits per heavy atom. The van der Waals surface area contributed by atoms with Crippen molar-refractivity contribution in [1.82, 2.24) is 29.5 Å². The van der Waals surface area contributed by atoms with Crippen LogP contribution in [-0.4, -0.2) is 36.0 Å². The molecular weight excluding hydrogens is 326 g/mol. The van der Waals surface area contributed by atoms with Gasteiger partial charge in [0.15, 0.2) is 11.5 Å². The van der Waals surface area contributed by atoms with Gasteiger partial charge in [0, 0.05) is 37.6 Å². The Morgan fingerprint density at radius 3 is 2.92 bits per heavy atom. The number of pyridine rings is 1. The van der Waals surface area contributed by atoms with Gasteiger partial charge in [0.1, 0.15) is 0 Å². The maximum atomic E-state index is 6.11. The molecule has 0 saturated carbocycles. The Balaban J connectivity index is 1.43. The number of para-hydroxylation sites is 1. The molecule has 0 atom stereocenters. The van der Waals surface area contributed by atoms with Gasteiger partial charge in [0.05, 0.1) is 11.2 Å². The molecule has 4 aromatic rings. The Kier molecular flexibility index (Phi) is 3.36. The largest absolute Gasteiger partial charge is 0.368 e. The van der Waals surface area contributed by atoms with Gasteiger partial charge in [0.25, 0.3) is 0 Å². The lowest BCUT2D eigenvalue weighted by atomic mass is 10.1. The molecule has 0 saturated heterocycles. The summed E-state index contributed by atoms with van der Waals surface area (Å²) in [6.45, 7) is 4.73. The van der Waals surface area contributed by atoms with Gasteiger partial charge in [-0.15, -0.1) is 5.10 Å². The summed E-state index contributed by atoms with van der Waals surface area (Å²) >= 11 is 0. The number of aromatic nitrogens is 5. The molecule has 0 spiro atoms. The number of hydrogen-bond acceptors (Lipinski definition) is 6. The van der Waals surface area contributed by atoms with Crippen LogP contribution < -0.4 is 5.73 Å². The van der Waals surface area contributed by atoms with Crippen molar-refractivity contribution in [3.63, 3.8) is 0 Å². The number of nitrogens with zero attached hydrogens (tertiary/aromatic N) is 6. The van der Waals surface area contributed by atoms with E-state index >= 15 is 0 Å². The van der Waals surface area contributed by atoms with Crippen LogP contribution >= 0.6 is 0 Å². The van der Waals surface area contributed by atoms with E-state index in [0.717, 1.165) is 54.0 Å². The number of nitrogen functional groups attached to an aromatic ring is 1. The number of nitrogens with two attached hydrogens (primary N) is 1. The maximum absolute atomic E-state index is 6.11. The van der Waals surface area contributed by atoms with Gasteiger partial charge in [-0.25, -0.2) is 9.97 Å². The van der Waals surface area contributed by atoms with Crippen LogP contribution in [0.25, 0.3) is 16.6 Å². The van der Waals surface area contributed by atoms with E-state index in [4.69, 9.17) is 10.7 Å². The van der Waals surface area contributed by atoms with Crippen molar-refractivity contribution >= 4 is 22.5 Å². The van der Waals surface area contributed by atoms with E-state index in [1.54, 1.807) is 4.52 Å². The molecule has 26 heavy (non-hydrogen) atoms. The van der Waals surface area contributed by atoms with Crippen LogP contribution in [0.2, 0.25) is 0 Å². The second-order valence-electron chi connectivity index (χ2n) is 6.77. The fraction of sp³-hybridized carbons (Fsp3) is 0.263. The number of aryl methyl sites for hydroxylation is 1. The van der Waals surface area contributed by atoms with Crippen LogP contribution in [0.1, 0.15) is 22.6 Å². The molecule has 7 heteroatoms. The number of benzene rings is 1. The molecule has 1 aliphatic heterocycles. The lowest BCUT2D eigenvalue weighted by Crippen LogP contribution is -2.20. The molecule has 130 valence electrons. The zero-order valence-electron chi connectivity index (χ0n) is 14.6. The van der Waals surface area contributed by atoms with Crippen LogP contribution in [0.4, 0.5) is 5.95 Å². The highest BCUT2D eigenvalue weighted by atomic mass is 15.3. The summed E-state index contributed by atoms with van der Waals surface area (Å²) in [5.41, 5.74) is 11.3. The van der Waals surface area contributed by atoms with E-state index in [2.05, 4.69) is 26.0 Å². The summed E-state index contributed by atoms with van der Waals surface area (Å²) in [6, 6.07) is 10.2. The van der Waals surface area contributed by atoms with Gasteiger partial charge in [-0.3, -0.25) is 9.88 Å². The first-order chi connectivity index (χ1) is 12.7. The molecular formula is C19H19N7. The second kappa shape index (κ2) is 5.74. The van der Waals surface area contributed by atoms with E-state index in [9.17, 15) is 0 Å². The van der Waals surface area contributed by atoms with Crippen molar-refractivity contribution in [1.29, 1.82) is 0 Å². The quantitative estimate of drug-likeness (QED) is 0.612. The van der Waals surface area contributed by atoms with Crippen molar-refractivity contribution in [2.45, 2.75) is 26.4 Å². The monoisotopic (exact) mass is 345 g/mol. The van der Waals surface area contributed by atoms with E-state index in [1.807, 2.05) is 37.4 Å². The first kappa shape index (κ1) is 15.2. The molecule has 0 unspecified atom stereocenters. The van der Waals surface area contributed by atoms with Crippen molar-refractivity contribution in [3.8, 4) is 0 Å². The van der Waals surface area contributed by atoms with Crippen LogP contribution in [0, 0.1) is 6.92 Å². The normalized spacial score (nSPS) is 14.3. The van der Waals surface area contributed by atoms with Crippen LogP contribution in [0.5, 0.6) is 0 Å². The second-order valence-corrected chi connectivity index (χ2v) is 6.77. The third-order valence-electron chi connectivity index (χ3n) is 4.98. The molecule has 1 aromatic carbocycles. The third-order valence-corrected chi connectivity index (χ3v) is 4.98. The third kappa shape index (κ3) is 2.40. The van der Waals surface area contributed by atoms with Gasteiger partial charge in [0.2, 0.25) is 5.95 Å². The number of rotatable bonds is 3. The van der Waals surface area contributed by atoms with Gasteiger partial charge < -0.3 is 5.73 Å². The molecule has 5 rings (SSSR count). The fourth-order valence-corrected chi connectivity index (χ4v) is 3.63. The molecule has 0 bridgehead atoms. The van der Waals surface area contributed by atoms with E-state index in [-0.39, 0.29) is 0 Å². The van der Waals surface area contributed by atoms with E-state index < -0.39 is 0 Å². The lowest BCUT2D eigenvalue weighted by Gasteiger charge is -2.12. The van der Waals surface area contributed by atoms with Crippen LogP contribution in [0.15, 0.2) is 36.5 Å². The zero-order valence-corrected chi connectivity index (χ0v) is 14.6. The number of hydrogen-bond donors (Lipinski definition) is 1. The summed E-state index contributed by atoms with van der Waals surface area (Å²) in [5, 5.41) is 5.56. The van der Waals surface area contributed by atoms with Crippen molar-refractivity contribution < 1.29 is 0 Å². The molecule has 1 aliphatic rings. The van der Waals surface area contributed by atoms with Crippen molar-refractivity contribution in [2.24, 2.45) is 0 Å². The van der Waals surface area contributed by atoms with E-state index in [0.29, 0.717) is 5.95 Å². The highest BCUT2D eigenvalue weighted by molar-refractivity contribution is 5.93. The molecule has 0 aliphatic carbocycles. The lowest BCUT2D eigenvalue weighted by molar-refractivity contribution is 0.284. The predicted octanol–water partition coefficient (Wildman–Crippen LogP) is 2.12. The fourth-order valence-electron chi connectivity index (χ4n) is 3.63. The molecule has 2 N–H and O–H groups in total. The molecule has 0 radical (unpaired) electrons. The summed E-state index contributed by atoms with van der Waals surface area (Å²) in [4.78, 5) is 16.1. The molecule has 3 aromatic heterocycles. The highest BCUT2D eigenvalue weighted by Crippen LogP contribution is 2.23. The summed E-state index contributed by atoms with van der Waals surface area (Å²) in [6.07, 6.45) is 2.62. The van der Waals surface area contributed by atoms with Gasteiger partial charge in [-0.2, -0.15) is 4.52 Å². The Hall–Kier alpha value is -3.06. The topological polar surface area (TPSA) is 85.2 Å². The summed E-state index contributed by atoms with van der Waals surface area (Å²) in [7, 11) is 0. The Morgan fingerprint density at radius 1 is 1.12 bits per heavy atom. The van der Waals surface area contributed by atoms with Crippen molar-refractivity contribution in [3.05, 3.63) is 59.2 Å². The molecule has 7 nitrogen and oxygen atoms in total. The van der Waals surface area contributed by atoms with Crippen molar-refractivity contribution in [2.75, 3.05) is 12.3 Å². The molecule has 4 heterocycles. The highest BCUT2D eigenvalue weighted by Gasteiger charge is 2.20. The minimum atomic E-state index is 0.373. The summed E-state index contributed by atoms with van der Waals surface area (Å²) < 4.78 is 1.65. The first-order valence-corrected chi connectivity index (χ1v) is 8.74. The van der Waals surface area contributed by atoms with Gasteiger partial charge in [-0.05, 0) is 30.2 Å². The number of anilines is 1. The zero-order chi connectivity index (χ0) is 17.7. The van der Waals surface area contributed by atoms with Crippen LogP contribution in [0.3, 0.4) is 0 Å². The Labute approximate surface area is 150 Å². The minimum Gasteiger partial charge on any atom is -0.368 e. The average Bonchev–Trinajstić information content (AvgIpc) is 3.25.